The summed E-state index contributed by atoms with van der Waals surface area (Å²) >= 11 is 1.82. The van der Waals surface area contributed by atoms with Crippen LogP contribution in [0.5, 0.6) is 0 Å². The average molecular weight is 309 g/mol. The molecular formula is C16H23NO3S. The number of hydrogen-bond acceptors (Lipinski definition) is 3. The highest BCUT2D eigenvalue weighted by atomic mass is 32.2. The molecule has 1 amide bonds. The van der Waals surface area contributed by atoms with E-state index in [1.807, 2.05) is 37.7 Å². The van der Waals surface area contributed by atoms with Crippen molar-refractivity contribution in [1.29, 1.82) is 0 Å². The third-order valence-corrected chi connectivity index (χ3v) is 4.40. The number of rotatable bonds is 8. The molecule has 2 unspecified atom stereocenters. The number of carboxylic acids is 1. The largest absolute Gasteiger partial charge is 0.480 e. The Morgan fingerprint density at radius 1 is 1.24 bits per heavy atom. The van der Waals surface area contributed by atoms with Crippen LogP contribution in [-0.4, -0.2) is 28.8 Å². The van der Waals surface area contributed by atoms with E-state index in [1.165, 1.54) is 0 Å². The first-order valence-corrected chi connectivity index (χ1v) is 8.35. The Kier molecular flexibility index (Phi) is 7.29. The Morgan fingerprint density at radius 2 is 1.86 bits per heavy atom. The van der Waals surface area contributed by atoms with E-state index in [9.17, 15) is 14.7 Å². The lowest BCUT2D eigenvalue weighted by atomic mass is 9.99. The molecule has 2 N–H and O–H groups in total. The van der Waals surface area contributed by atoms with Crippen LogP contribution in [0.25, 0.3) is 0 Å². The Labute approximate surface area is 130 Å². The van der Waals surface area contributed by atoms with Gasteiger partial charge in [0.25, 0.3) is 5.91 Å². The molecule has 0 spiro atoms. The van der Waals surface area contributed by atoms with Crippen LogP contribution in [0.1, 0.15) is 43.1 Å². The molecule has 116 valence electrons. The van der Waals surface area contributed by atoms with Gasteiger partial charge in [0.15, 0.2) is 0 Å². The number of hydrogen-bond donors (Lipinski definition) is 2. The molecule has 0 aromatic heterocycles. The van der Waals surface area contributed by atoms with E-state index in [2.05, 4.69) is 12.2 Å². The lowest BCUT2D eigenvalue weighted by Gasteiger charge is -2.20. The zero-order chi connectivity index (χ0) is 15.8. The van der Waals surface area contributed by atoms with Crippen LogP contribution in [0.15, 0.2) is 24.3 Å². The maximum atomic E-state index is 12.1. The van der Waals surface area contributed by atoms with Gasteiger partial charge in [0.2, 0.25) is 0 Å². The number of thioether (sulfide) groups is 1. The van der Waals surface area contributed by atoms with Crippen molar-refractivity contribution >= 4 is 23.6 Å². The molecule has 0 heterocycles. The fourth-order valence-corrected chi connectivity index (χ4v) is 2.51. The smallest absolute Gasteiger partial charge is 0.326 e. The van der Waals surface area contributed by atoms with Crippen molar-refractivity contribution in [3.63, 3.8) is 0 Å². The topological polar surface area (TPSA) is 66.4 Å². The van der Waals surface area contributed by atoms with E-state index in [0.29, 0.717) is 12.0 Å². The van der Waals surface area contributed by atoms with E-state index in [4.69, 9.17) is 0 Å². The summed E-state index contributed by atoms with van der Waals surface area (Å²) in [4.78, 5) is 23.3. The molecule has 0 fully saturated rings. The number of nitrogens with one attached hydrogen (secondary N) is 1. The standard InChI is InChI=1S/C16H23NO3S/c1-4-11(3)14(16(19)20)17-15(18)13-8-6-12(7-9-13)10-21-5-2/h6-9,11,14H,4-5,10H2,1-3H3,(H,17,18)(H,19,20). The minimum atomic E-state index is -0.992. The SMILES string of the molecule is CCSCc1ccc(C(=O)NC(C(=O)O)C(C)CC)cc1. The van der Waals surface area contributed by atoms with Gasteiger partial charge < -0.3 is 10.4 Å². The molecule has 1 aromatic carbocycles. The van der Waals surface area contributed by atoms with Gasteiger partial charge in [0.1, 0.15) is 6.04 Å². The molecule has 21 heavy (non-hydrogen) atoms. The molecule has 0 aliphatic rings. The monoisotopic (exact) mass is 309 g/mol. The van der Waals surface area contributed by atoms with Gasteiger partial charge in [-0.3, -0.25) is 4.79 Å². The molecule has 0 aliphatic carbocycles. The fraction of sp³-hybridized carbons (Fsp3) is 0.500. The molecule has 5 heteroatoms. The minimum Gasteiger partial charge on any atom is -0.480 e. The maximum Gasteiger partial charge on any atom is 0.326 e. The van der Waals surface area contributed by atoms with Crippen molar-refractivity contribution in [2.24, 2.45) is 5.92 Å². The highest BCUT2D eigenvalue weighted by Gasteiger charge is 2.25. The predicted octanol–water partition coefficient (Wildman–Crippen LogP) is 3.17. The second-order valence-electron chi connectivity index (χ2n) is 5.01. The molecule has 4 nitrogen and oxygen atoms in total. The van der Waals surface area contributed by atoms with E-state index in [1.54, 1.807) is 12.1 Å². The predicted molar refractivity (Wildman–Crippen MR) is 86.6 cm³/mol. The third kappa shape index (κ3) is 5.42. The Bertz CT molecular complexity index is 473. The summed E-state index contributed by atoms with van der Waals surface area (Å²) in [5, 5.41) is 11.8. The van der Waals surface area contributed by atoms with Gasteiger partial charge in [-0.2, -0.15) is 11.8 Å². The number of carbonyl (C=O) groups excluding carboxylic acids is 1. The van der Waals surface area contributed by atoms with Gasteiger partial charge in [-0.15, -0.1) is 0 Å². The van der Waals surface area contributed by atoms with Crippen molar-refractivity contribution < 1.29 is 14.7 Å². The summed E-state index contributed by atoms with van der Waals surface area (Å²) in [5.74, 6) is 0.540. The molecule has 0 saturated carbocycles. The second-order valence-corrected chi connectivity index (χ2v) is 6.28. The summed E-state index contributed by atoms with van der Waals surface area (Å²) in [6.07, 6.45) is 0.699. The van der Waals surface area contributed by atoms with Gasteiger partial charge in [0.05, 0.1) is 0 Å². The van der Waals surface area contributed by atoms with Crippen LogP contribution >= 0.6 is 11.8 Å². The number of amides is 1. The second kappa shape index (κ2) is 8.72. The number of benzene rings is 1. The Hall–Kier alpha value is -1.49. The van der Waals surface area contributed by atoms with E-state index >= 15 is 0 Å². The molecule has 0 saturated heterocycles. The summed E-state index contributed by atoms with van der Waals surface area (Å²) in [6.45, 7) is 5.84. The van der Waals surface area contributed by atoms with Crippen molar-refractivity contribution in [2.45, 2.75) is 39.0 Å². The first kappa shape index (κ1) is 17.6. The molecular weight excluding hydrogens is 286 g/mol. The van der Waals surface area contributed by atoms with Gasteiger partial charge in [-0.1, -0.05) is 39.3 Å². The summed E-state index contributed by atoms with van der Waals surface area (Å²) in [6, 6.07) is 6.47. The van der Waals surface area contributed by atoms with Crippen LogP contribution in [-0.2, 0) is 10.5 Å². The molecule has 2 atom stereocenters. The summed E-state index contributed by atoms with van der Waals surface area (Å²) in [5.41, 5.74) is 1.66. The minimum absolute atomic E-state index is 0.105. The third-order valence-electron chi connectivity index (χ3n) is 3.45. The van der Waals surface area contributed by atoms with Crippen molar-refractivity contribution in [2.75, 3.05) is 5.75 Å². The van der Waals surface area contributed by atoms with Crippen LogP contribution < -0.4 is 5.32 Å². The highest BCUT2D eigenvalue weighted by molar-refractivity contribution is 7.98. The quantitative estimate of drug-likeness (QED) is 0.774. The normalized spacial score (nSPS) is 13.5. The summed E-state index contributed by atoms with van der Waals surface area (Å²) < 4.78 is 0. The average Bonchev–Trinajstić information content (AvgIpc) is 2.49. The highest BCUT2D eigenvalue weighted by Crippen LogP contribution is 2.14. The van der Waals surface area contributed by atoms with Crippen molar-refractivity contribution in [1.82, 2.24) is 5.32 Å². The van der Waals surface area contributed by atoms with Crippen molar-refractivity contribution in [3.05, 3.63) is 35.4 Å². The first-order valence-electron chi connectivity index (χ1n) is 7.19. The summed E-state index contributed by atoms with van der Waals surface area (Å²) in [7, 11) is 0. The zero-order valence-electron chi connectivity index (χ0n) is 12.8. The molecule has 0 radical (unpaired) electrons. The number of carbonyl (C=O) groups is 2. The first-order chi connectivity index (χ1) is 9.99. The number of carboxylic acid groups (broad SMARTS) is 1. The molecule has 0 aliphatic heterocycles. The van der Waals surface area contributed by atoms with Crippen LogP contribution in [0, 0.1) is 5.92 Å². The van der Waals surface area contributed by atoms with Gasteiger partial charge >= 0.3 is 5.97 Å². The lowest BCUT2D eigenvalue weighted by Crippen LogP contribution is -2.45. The molecule has 0 bridgehead atoms. The Balaban J connectivity index is 2.71. The van der Waals surface area contributed by atoms with Gasteiger partial charge in [-0.05, 0) is 29.4 Å². The van der Waals surface area contributed by atoms with Gasteiger partial charge in [-0.25, -0.2) is 4.79 Å². The van der Waals surface area contributed by atoms with E-state index in [0.717, 1.165) is 17.1 Å². The van der Waals surface area contributed by atoms with Crippen LogP contribution in [0.4, 0.5) is 0 Å². The van der Waals surface area contributed by atoms with Gasteiger partial charge in [0, 0.05) is 11.3 Å². The fourth-order valence-electron chi connectivity index (χ4n) is 1.88. The lowest BCUT2D eigenvalue weighted by molar-refractivity contribution is -0.140. The Morgan fingerprint density at radius 3 is 2.33 bits per heavy atom. The molecule has 1 rings (SSSR count). The van der Waals surface area contributed by atoms with E-state index in [-0.39, 0.29) is 11.8 Å². The molecule has 1 aromatic rings. The zero-order valence-corrected chi connectivity index (χ0v) is 13.6. The van der Waals surface area contributed by atoms with Crippen LogP contribution in [0.3, 0.4) is 0 Å². The maximum absolute atomic E-state index is 12.1. The van der Waals surface area contributed by atoms with Crippen LogP contribution in [0.2, 0.25) is 0 Å². The van der Waals surface area contributed by atoms with E-state index < -0.39 is 12.0 Å². The number of aliphatic carboxylic acids is 1. The van der Waals surface area contributed by atoms with Crippen molar-refractivity contribution in [3.8, 4) is 0 Å².